The average Bonchev–Trinajstić information content (AvgIpc) is 2.17. The molecule has 0 saturated heterocycles. The molecule has 1 heterocycles. The summed E-state index contributed by atoms with van der Waals surface area (Å²) in [5.41, 5.74) is 0. The number of anilines is 2. The Morgan fingerprint density at radius 2 is 2.19 bits per heavy atom. The molecule has 0 aromatic carbocycles. The van der Waals surface area contributed by atoms with Crippen molar-refractivity contribution >= 4 is 33.5 Å². The largest absolute Gasteiger partial charge is 1.00 e. The second kappa shape index (κ2) is 7.83. The monoisotopic (exact) mass is 296 g/mol. The van der Waals surface area contributed by atoms with Gasteiger partial charge in [-0.25, -0.2) is 9.97 Å². The van der Waals surface area contributed by atoms with Crippen molar-refractivity contribution in [3.63, 3.8) is 0 Å². The van der Waals surface area contributed by atoms with Crippen molar-refractivity contribution in [3.05, 3.63) is 10.8 Å². The van der Waals surface area contributed by atoms with Gasteiger partial charge in [0, 0.05) is 6.54 Å². The van der Waals surface area contributed by atoms with Gasteiger partial charge in [-0.1, -0.05) is 0 Å². The van der Waals surface area contributed by atoms with Gasteiger partial charge in [0.2, 0.25) is 0 Å². The van der Waals surface area contributed by atoms with E-state index in [1.165, 1.54) is 6.20 Å². The van der Waals surface area contributed by atoms with Crippen molar-refractivity contribution in [2.24, 2.45) is 0 Å². The maximum Gasteiger partial charge on any atom is 1.00 e. The molecule has 0 bridgehead atoms. The molecule has 0 radical (unpaired) electrons. The van der Waals surface area contributed by atoms with E-state index in [9.17, 15) is 9.90 Å². The smallest absolute Gasteiger partial charge is 0.548 e. The number of carbonyl (C=O) groups is 1. The summed E-state index contributed by atoms with van der Waals surface area (Å²) in [4.78, 5) is 18.4. The van der Waals surface area contributed by atoms with Gasteiger partial charge in [-0.2, -0.15) is 0 Å². The predicted molar refractivity (Wildman–Crippen MR) is 57.4 cm³/mol. The maximum absolute atomic E-state index is 10.3. The number of aliphatic carboxylic acids is 1. The van der Waals surface area contributed by atoms with Crippen molar-refractivity contribution in [1.82, 2.24) is 9.97 Å². The van der Waals surface area contributed by atoms with Crippen molar-refractivity contribution in [1.29, 1.82) is 0 Å². The first-order valence-electron chi connectivity index (χ1n) is 4.33. The van der Waals surface area contributed by atoms with Gasteiger partial charge >= 0.3 is 29.6 Å². The number of halogens is 1. The van der Waals surface area contributed by atoms with Crippen LogP contribution < -0.4 is 45.3 Å². The van der Waals surface area contributed by atoms with E-state index in [4.69, 9.17) is 0 Å². The standard InChI is InChI=1S/C8H11BrN4O2.Na/c1-2-10-8-7(12-4-6(14)15)11-3-5(9)13-8;/h3H,2,4H2,1H3,(H,10,13)(H,11,12)(H,14,15);/q;+1/p-1. The summed E-state index contributed by atoms with van der Waals surface area (Å²) in [7, 11) is 0. The summed E-state index contributed by atoms with van der Waals surface area (Å²) < 4.78 is 0.581. The molecule has 82 valence electrons. The molecule has 0 aliphatic heterocycles. The second-order valence-electron chi connectivity index (χ2n) is 2.65. The Morgan fingerprint density at radius 3 is 2.75 bits per heavy atom. The van der Waals surface area contributed by atoms with E-state index in [1.54, 1.807) is 0 Å². The molecule has 2 N–H and O–H groups in total. The minimum absolute atomic E-state index is 0. The first kappa shape index (κ1) is 15.6. The Bertz CT molecular complexity index is 364. The van der Waals surface area contributed by atoms with Crippen LogP contribution in [0.2, 0.25) is 0 Å². The van der Waals surface area contributed by atoms with Crippen LogP contribution in [-0.4, -0.2) is 29.0 Å². The molecule has 0 atom stereocenters. The van der Waals surface area contributed by atoms with Gasteiger partial charge in [0.15, 0.2) is 11.6 Å². The molecule has 0 amide bonds. The van der Waals surface area contributed by atoms with E-state index >= 15 is 0 Å². The molecule has 0 unspecified atom stereocenters. The summed E-state index contributed by atoms with van der Waals surface area (Å²) in [6, 6.07) is 0. The average molecular weight is 297 g/mol. The van der Waals surface area contributed by atoms with Crippen LogP contribution in [0.5, 0.6) is 0 Å². The van der Waals surface area contributed by atoms with Crippen molar-refractivity contribution < 1.29 is 39.5 Å². The fraction of sp³-hybridized carbons (Fsp3) is 0.375. The van der Waals surface area contributed by atoms with Crippen molar-refractivity contribution in [2.75, 3.05) is 23.7 Å². The minimum Gasteiger partial charge on any atom is -0.548 e. The van der Waals surface area contributed by atoms with E-state index in [2.05, 4.69) is 36.5 Å². The number of hydrogen-bond acceptors (Lipinski definition) is 6. The van der Waals surface area contributed by atoms with Crippen LogP contribution in [0.25, 0.3) is 0 Å². The molecule has 0 saturated carbocycles. The molecular formula is C8H10BrN4NaO2. The number of aromatic nitrogens is 2. The van der Waals surface area contributed by atoms with Gasteiger partial charge in [-0.15, -0.1) is 0 Å². The molecule has 1 rings (SSSR count). The third-order valence-electron chi connectivity index (χ3n) is 1.49. The molecule has 0 aliphatic carbocycles. The fourth-order valence-electron chi connectivity index (χ4n) is 0.944. The first-order valence-corrected chi connectivity index (χ1v) is 5.13. The molecule has 0 aliphatic rings. The summed E-state index contributed by atoms with van der Waals surface area (Å²) in [5, 5.41) is 15.8. The first-order chi connectivity index (χ1) is 7.13. The number of hydrogen-bond donors (Lipinski definition) is 2. The number of carboxylic acid groups (broad SMARTS) is 1. The molecule has 0 spiro atoms. The molecule has 0 fully saturated rings. The van der Waals surface area contributed by atoms with E-state index in [0.29, 0.717) is 22.8 Å². The molecule has 8 heteroatoms. The van der Waals surface area contributed by atoms with Crippen molar-refractivity contribution in [2.45, 2.75) is 6.92 Å². The zero-order chi connectivity index (χ0) is 11.3. The van der Waals surface area contributed by atoms with Crippen LogP contribution in [0.15, 0.2) is 10.8 Å². The zero-order valence-electron chi connectivity index (χ0n) is 9.08. The van der Waals surface area contributed by atoms with Crippen LogP contribution >= 0.6 is 15.9 Å². The Morgan fingerprint density at radius 1 is 1.50 bits per heavy atom. The van der Waals surface area contributed by atoms with Crippen molar-refractivity contribution in [3.8, 4) is 0 Å². The van der Waals surface area contributed by atoms with Crippen LogP contribution in [0.4, 0.5) is 11.6 Å². The fourth-order valence-corrected chi connectivity index (χ4v) is 1.22. The quantitative estimate of drug-likeness (QED) is 0.558. The topological polar surface area (TPSA) is 90.0 Å². The van der Waals surface area contributed by atoms with Crippen LogP contribution in [0, 0.1) is 0 Å². The van der Waals surface area contributed by atoms with Gasteiger partial charge < -0.3 is 20.5 Å². The molecule has 1 aromatic rings. The number of nitrogens with one attached hydrogen (secondary N) is 2. The SMILES string of the molecule is CCNc1nc(Br)cnc1NCC(=O)[O-].[Na+]. The summed E-state index contributed by atoms with van der Waals surface area (Å²) in [6.07, 6.45) is 1.48. The van der Waals surface area contributed by atoms with E-state index in [1.807, 2.05) is 6.92 Å². The molecular weight excluding hydrogens is 287 g/mol. The summed E-state index contributed by atoms with van der Waals surface area (Å²) in [6.45, 7) is 2.28. The summed E-state index contributed by atoms with van der Waals surface area (Å²) in [5.74, 6) is -0.292. The molecule has 6 nitrogen and oxygen atoms in total. The van der Waals surface area contributed by atoms with E-state index in [0.717, 1.165) is 0 Å². The van der Waals surface area contributed by atoms with Gasteiger partial charge in [0.25, 0.3) is 0 Å². The number of nitrogens with zero attached hydrogens (tertiary/aromatic N) is 2. The van der Waals surface area contributed by atoms with Gasteiger partial charge in [0.05, 0.1) is 18.7 Å². The van der Waals surface area contributed by atoms with Gasteiger partial charge in [-0.05, 0) is 22.9 Å². The van der Waals surface area contributed by atoms with Crippen LogP contribution in [-0.2, 0) is 4.79 Å². The second-order valence-corrected chi connectivity index (χ2v) is 3.46. The predicted octanol–water partition coefficient (Wildman–Crippen LogP) is -3.16. The van der Waals surface area contributed by atoms with Crippen LogP contribution in [0.3, 0.4) is 0 Å². The molecule has 1 aromatic heterocycles. The third-order valence-corrected chi connectivity index (χ3v) is 1.87. The Labute approximate surface area is 124 Å². The van der Waals surface area contributed by atoms with Gasteiger partial charge in [0.1, 0.15) is 4.60 Å². The van der Waals surface area contributed by atoms with Gasteiger partial charge in [-0.3, -0.25) is 0 Å². The van der Waals surface area contributed by atoms with Crippen LogP contribution in [0.1, 0.15) is 6.92 Å². The normalized spacial score (nSPS) is 9.12. The maximum atomic E-state index is 10.3. The Kier molecular flexibility index (Phi) is 7.65. The summed E-state index contributed by atoms with van der Waals surface area (Å²) >= 11 is 3.18. The Hall–Kier alpha value is -0.370. The number of rotatable bonds is 5. The number of carbonyl (C=O) groups excluding carboxylic acids is 1. The zero-order valence-corrected chi connectivity index (χ0v) is 12.7. The number of carboxylic acids is 1. The minimum atomic E-state index is -1.19. The Balaban J connectivity index is 0.00000225. The van der Waals surface area contributed by atoms with E-state index < -0.39 is 5.97 Å². The third kappa shape index (κ3) is 5.11. The molecule has 16 heavy (non-hydrogen) atoms. The van der Waals surface area contributed by atoms with E-state index in [-0.39, 0.29) is 36.1 Å².